The van der Waals surface area contributed by atoms with E-state index in [4.69, 9.17) is 5.11 Å². The van der Waals surface area contributed by atoms with Crippen molar-refractivity contribution in [1.82, 2.24) is 5.32 Å². The number of halogens is 2. The molecule has 0 bridgehead atoms. The molecule has 0 aliphatic heterocycles. The number of amides is 1. The zero-order chi connectivity index (χ0) is 11.7. The third-order valence-corrected chi connectivity index (χ3v) is 1.68. The number of ether oxygens (including phenoxy) is 1. The summed E-state index contributed by atoms with van der Waals surface area (Å²) in [6, 6.07) is 0. The molecule has 0 heterocycles. The highest BCUT2D eigenvalue weighted by Gasteiger charge is 2.06. The van der Waals surface area contributed by atoms with Crippen molar-refractivity contribution in [3.8, 4) is 0 Å². The summed E-state index contributed by atoms with van der Waals surface area (Å²) in [6.45, 7) is 1.52. The van der Waals surface area contributed by atoms with E-state index in [0.29, 0.717) is 6.54 Å². The third kappa shape index (κ3) is 9.55. The second-order valence-corrected chi connectivity index (χ2v) is 3.31. The predicted molar refractivity (Wildman–Crippen MR) is 50.7 cm³/mol. The normalized spacial score (nSPS) is 12.9. The summed E-state index contributed by atoms with van der Waals surface area (Å²) < 4.78 is 27.7. The molecule has 0 rings (SSSR count). The zero-order valence-electron chi connectivity index (χ0n) is 8.71. The minimum Gasteiger partial charge on any atom is -0.396 e. The smallest absolute Gasteiger partial charge is 0.261 e. The van der Waals surface area contributed by atoms with E-state index in [1.165, 1.54) is 0 Å². The van der Waals surface area contributed by atoms with Crippen LogP contribution in [0.3, 0.4) is 0 Å². The van der Waals surface area contributed by atoms with Crippen molar-refractivity contribution in [3.63, 3.8) is 0 Å². The molecule has 0 aromatic carbocycles. The fourth-order valence-electron chi connectivity index (χ4n) is 0.778. The number of rotatable bonds is 8. The lowest BCUT2D eigenvalue weighted by Crippen LogP contribution is -2.30. The molecule has 0 aliphatic rings. The van der Waals surface area contributed by atoms with Crippen LogP contribution in [0.15, 0.2) is 0 Å². The van der Waals surface area contributed by atoms with Crippen LogP contribution in [-0.4, -0.2) is 43.8 Å². The molecule has 1 atom stereocenters. The van der Waals surface area contributed by atoms with Gasteiger partial charge >= 0.3 is 0 Å². The molecule has 0 aromatic heterocycles. The van der Waals surface area contributed by atoms with Crippen molar-refractivity contribution in [3.05, 3.63) is 0 Å². The van der Waals surface area contributed by atoms with Crippen LogP contribution in [-0.2, 0) is 9.53 Å². The molecule has 0 radical (unpaired) electrons. The van der Waals surface area contributed by atoms with Gasteiger partial charge in [-0.05, 0) is 5.92 Å². The molecule has 0 aromatic rings. The van der Waals surface area contributed by atoms with E-state index >= 15 is 0 Å². The summed E-state index contributed by atoms with van der Waals surface area (Å²) in [5.41, 5.74) is 0. The molecule has 0 spiro atoms. The lowest BCUT2D eigenvalue weighted by molar-refractivity contribution is -0.122. The Morgan fingerprint density at radius 2 is 2.20 bits per heavy atom. The number of carbonyl (C=O) groups excluding carboxylic acids is 1. The number of aliphatic hydroxyl groups excluding tert-OH is 1. The highest BCUT2D eigenvalue weighted by atomic mass is 19.3. The van der Waals surface area contributed by atoms with Crippen LogP contribution in [0.4, 0.5) is 8.78 Å². The first-order valence-corrected chi connectivity index (χ1v) is 4.79. The van der Waals surface area contributed by atoms with Gasteiger partial charge in [-0.25, -0.2) is 8.78 Å². The number of alkyl halides is 2. The Hall–Kier alpha value is -0.750. The van der Waals surface area contributed by atoms with Gasteiger partial charge in [0.05, 0.1) is 6.61 Å². The van der Waals surface area contributed by atoms with E-state index < -0.39 is 13.0 Å². The Labute approximate surface area is 87.6 Å². The van der Waals surface area contributed by atoms with Gasteiger partial charge in [0.1, 0.15) is 6.61 Å². The lowest BCUT2D eigenvalue weighted by atomic mass is 10.2. The van der Waals surface area contributed by atoms with Crippen molar-refractivity contribution < 1.29 is 23.4 Å². The predicted octanol–water partition coefficient (Wildman–Crippen LogP) is 0.403. The molecular formula is C9H17F2NO3. The average molecular weight is 225 g/mol. The average Bonchev–Trinajstić information content (AvgIpc) is 2.20. The summed E-state index contributed by atoms with van der Waals surface area (Å²) in [4.78, 5) is 11.0. The largest absolute Gasteiger partial charge is 0.396 e. The van der Waals surface area contributed by atoms with Gasteiger partial charge in [-0.3, -0.25) is 4.79 Å². The second kappa shape index (κ2) is 8.55. The van der Waals surface area contributed by atoms with Gasteiger partial charge in [0.15, 0.2) is 0 Å². The lowest BCUT2D eigenvalue weighted by Gasteiger charge is -2.09. The maximum absolute atomic E-state index is 11.6. The minimum atomic E-state index is -2.50. The molecule has 0 fully saturated rings. The van der Waals surface area contributed by atoms with E-state index in [1.807, 2.05) is 0 Å². The van der Waals surface area contributed by atoms with Gasteiger partial charge < -0.3 is 15.2 Å². The van der Waals surface area contributed by atoms with Crippen LogP contribution in [0.5, 0.6) is 0 Å². The van der Waals surface area contributed by atoms with Crippen LogP contribution in [0, 0.1) is 5.92 Å². The minimum absolute atomic E-state index is 0.00215. The van der Waals surface area contributed by atoms with Crippen LogP contribution in [0.2, 0.25) is 0 Å². The van der Waals surface area contributed by atoms with Crippen molar-refractivity contribution in [2.24, 2.45) is 5.92 Å². The molecular weight excluding hydrogens is 208 g/mol. The van der Waals surface area contributed by atoms with Gasteiger partial charge in [-0.1, -0.05) is 6.92 Å². The van der Waals surface area contributed by atoms with Gasteiger partial charge in [-0.2, -0.15) is 0 Å². The third-order valence-electron chi connectivity index (χ3n) is 1.68. The molecule has 4 nitrogen and oxygen atoms in total. The molecule has 0 saturated heterocycles. The number of hydrogen-bond donors (Lipinski definition) is 2. The topological polar surface area (TPSA) is 58.6 Å². The molecule has 0 aliphatic carbocycles. The quantitative estimate of drug-likeness (QED) is 0.588. The fourth-order valence-corrected chi connectivity index (χ4v) is 0.778. The Balaban J connectivity index is 3.34. The standard InChI is InChI=1S/C9H17F2NO3/c1-7(5-13)4-12-9(14)2-3-15-6-8(10)11/h7-8,13H,2-6H2,1H3,(H,12,14). The van der Waals surface area contributed by atoms with Gasteiger partial charge in [0.2, 0.25) is 5.91 Å². The molecule has 2 N–H and O–H groups in total. The molecule has 1 unspecified atom stereocenters. The van der Waals surface area contributed by atoms with Crippen LogP contribution in [0.1, 0.15) is 13.3 Å². The Morgan fingerprint density at radius 1 is 1.53 bits per heavy atom. The molecule has 15 heavy (non-hydrogen) atoms. The van der Waals surface area contributed by atoms with Crippen LogP contribution in [0.25, 0.3) is 0 Å². The Morgan fingerprint density at radius 3 is 2.73 bits per heavy atom. The van der Waals surface area contributed by atoms with E-state index in [2.05, 4.69) is 10.1 Å². The maximum atomic E-state index is 11.6. The van der Waals surface area contributed by atoms with E-state index in [1.54, 1.807) is 6.92 Å². The maximum Gasteiger partial charge on any atom is 0.261 e. The van der Waals surface area contributed by atoms with Crippen molar-refractivity contribution >= 4 is 5.91 Å². The highest BCUT2D eigenvalue weighted by Crippen LogP contribution is 1.94. The van der Waals surface area contributed by atoms with E-state index in [-0.39, 0.29) is 31.5 Å². The molecule has 6 heteroatoms. The number of nitrogens with one attached hydrogen (secondary N) is 1. The van der Waals surface area contributed by atoms with Crippen molar-refractivity contribution in [1.29, 1.82) is 0 Å². The number of carbonyl (C=O) groups is 1. The first kappa shape index (κ1) is 14.2. The summed E-state index contributed by atoms with van der Waals surface area (Å²) in [6.07, 6.45) is -2.44. The zero-order valence-corrected chi connectivity index (χ0v) is 8.71. The number of aliphatic hydroxyl groups is 1. The summed E-state index contributed by atoms with van der Waals surface area (Å²) in [5, 5.41) is 11.2. The number of hydrogen-bond acceptors (Lipinski definition) is 3. The van der Waals surface area contributed by atoms with Crippen LogP contribution < -0.4 is 5.32 Å². The SMILES string of the molecule is CC(CO)CNC(=O)CCOCC(F)F. The Kier molecular flexibility index (Phi) is 8.12. The summed E-state index contributed by atoms with van der Waals surface area (Å²) >= 11 is 0. The second-order valence-electron chi connectivity index (χ2n) is 3.31. The molecule has 90 valence electrons. The molecule has 0 saturated carbocycles. The molecule has 1 amide bonds. The fraction of sp³-hybridized carbons (Fsp3) is 0.889. The van der Waals surface area contributed by atoms with Crippen molar-refractivity contribution in [2.75, 3.05) is 26.4 Å². The first-order chi connectivity index (χ1) is 7.06. The summed E-state index contributed by atoms with van der Waals surface area (Å²) in [7, 11) is 0. The highest BCUT2D eigenvalue weighted by molar-refractivity contribution is 5.75. The Bertz CT molecular complexity index is 179. The van der Waals surface area contributed by atoms with Crippen molar-refractivity contribution in [2.45, 2.75) is 19.8 Å². The van der Waals surface area contributed by atoms with E-state index in [9.17, 15) is 13.6 Å². The van der Waals surface area contributed by atoms with Gasteiger partial charge in [0, 0.05) is 19.6 Å². The monoisotopic (exact) mass is 225 g/mol. The van der Waals surface area contributed by atoms with E-state index in [0.717, 1.165) is 0 Å². The first-order valence-electron chi connectivity index (χ1n) is 4.79. The van der Waals surface area contributed by atoms with Gasteiger partial charge in [0.25, 0.3) is 6.43 Å². The van der Waals surface area contributed by atoms with Gasteiger partial charge in [-0.15, -0.1) is 0 Å². The van der Waals surface area contributed by atoms with Crippen LogP contribution >= 0.6 is 0 Å². The summed E-state index contributed by atoms with van der Waals surface area (Å²) in [5.74, 6) is -0.263.